The minimum absolute atomic E-state index is 0.0983. The van der Waals surface area contributed by atoms with E-state index < -0.39 is 11.7 Å². The summed E-state index contributed by atoms with van der Waals surface area (Å²) in [6.07, 6.45) is 8.85. The monoisotopic (exact) mass is 568 g/mol. The Morgan fingerprint density at radius 2 is 2.09 bits per heavy atom. The van der Waals surface area contributed by atoms with Crippen molar-refractivity contribution in [3.63, 3.8) is 0 Å². The lowest BCUT2D eigenvalue weighted by atomic mass is 10.1. The molecule has 0 bridgehead atoms. The molecule has 0 radical (unpaired) electrons. The first-order valence-electron chi connectivity index (χ1n) is 10.4. The fraction of sp³-hybridized carbons (Fsp3) is 0.200. The summed E-state index contributed by atoms with van der Waals surface area (Å²) < 4.78 is 35.4. The number of hydrogen-bond acceptors (Lipinski definition) is 5. The molecule has 3 rings (SSSR count). The maximum Gasteiger partial charge on any atom is 0.415 e. The lowest BCUT2D eigenvalue weighted by Gasteiger charge is -2.03. The number of rotatable bonds is 7. The summed E-state index contributed by atoms with van der Waals surface area (Å²) in [6.45, 7) is 8.38. The Morgan fingerprint density at radius 1 is 1.37 bits per heavy atom. The number of nitrogens with one attached hydrogen (secondary N) is 1. The molecule has 1 unspecified atom stereocenters. The van der Waals surface area contributed by atoms with Crippen molar-refractivity contribution < 1.29 is 18.0 Å². The minimum atomic E-state index is -4.27. The number of alkyl halides is 3. The summed E-state index contributed by atoms with van der Waals surface area (Å²) in [7, 11) is 0. The first-order chi connectivity index (χ1) is 16.6. The van der Waals surface area contributed by atoms with Crippen molar-refractivity contribution in [1.82, 2.24) is 9.97 Å². The number of allylic oxidation sites excluding steroid dienone is 5. The summed E-state index contributed by atoms with van der Waals surface area (Å²) in [5, 5.41) is 1.06. The molecule has 0 saturated heterocycles. The average molecular weight is 569 g/mol. The number of aromatic amines is 1. The van der Waals surface area contributed by atoms with Crippen molar-refractivity contribution in [3.05, 3.63) is 89.1 Å². The third-order valence-electron chi connectivity index (χ3n) is 4.27. The average Bonchev–Trinajstić information content (AvgIpc) is 3.45. The van der Waals surface area contributed by atoms with Crippen LogP contribution in [0.1, 0.15) is 23.0 Å². The molecule has 35 heavy (non-hydrogen) atoms. The highest BCUT2D eigenvalue weighted by atomic mass is 79.9. The van der Waals surface area contributed by atoms with Crippen LogP contribution >= 0.6 is 27.3 Å². The SMILES string of the molecule is C=C(/C=C\C)C(F)(F)F.C=C/C=C/CC(N)CN.O=Cc1cc(Br)c(-c2ccnc3[nH]ccc23)s1. The van der Waals surface area contributed by atoms with Gasteiger partial charge in [-0.05, 0) is 47.5 Å². The molecule has 0 aliphatic carbocycles. The third-order valence-corrected chi connectivity index (χ3v) is 6.25. The van der Waals surface area contributed by atoms with E-state index in [1.807, 2.05) is 36.5 Å². The summed E-state index contributed by atoms with van der Waals surface area (Å²) in [5.41, 5.74) is 11.9. The van der Waals surface area contributed by atoms with Crippen molar-refractivity contribution in [3.8, 4) is 10.4 Å². The number of carbonyl (C=O) groups is 1. The van der Waals surface area contributed by atoms with Gasteiger partial charge in [0.2, 0.25) is 0 Å². The van der Waals surface area contributed by atoms with Crippen LogP contribution in [0.2, 0.25) is 0 Å². The number of hydrogen-bond donors (Lipinski definition) is 3. The Hall–Kier alpha value is -2.79. The van der Waals surface area contributed by atoms with Crippen LogP contribution in [-0.4, -0.2) is 35.0 Å². The van der Waals surface area contributed by atoms with E-state index in [0.717, 1.165) is 44.7 Å². The summed E-state index contributed by atoms with van der Waals surface area (Å²) in [5.74, 6) is 0. The summed E-state index contributed by atoms with van der Waals surface area (Å²) in [4.78, 5) is 19.9. The van der Waals surface area contributed by atoms with Crippen LogP contribution in [0.5, 0.6) is 0 Å². The van der Waals surface area contributed by atoms with Crippen LogP contribution in [0.15, 0.2) is 84.2 Å². The van der Waals surface area contributed by atoms with E-state index in [2.05, 4.69) is 39.1 Å². The largest absolute Gasteiger partial charge is 0.415 e. The molecule has 188 valence electrons. The quantitative estimate of drug-likeness (QED) is 0.212. The van der Waals surface area contributed by atoms with Gasteiger partial charge in [0.25, 0.3) is 0 Å². The van der Waals surface area contributed by atoms with Gasteiger partial charge in [0.1, 0.15) is 5.65 Å². The van der Waals surface area contributed by atoms with Crippen molar-refractivity contribution >= 4 is 44.6 Å². The molecule has 0 aromatic carbocycles. The van der Waals surface area contributed by atoms with Gasteiger partial charge in [-0.3, -0.25) is 4.79 Å². The summed E-state index contributed by atoms with van der Waals surface area (Å²) in [6, 6.07) is 5.89. The van der Waals surface area contributed by atoms with Gasteiger partial charge in [-0.15, -0.1) is 11.3 Å². The van der Waals surface area contributed by atoms with Gasteiger partial charge in [-0.1, -0.05) is 43.5 Å². The van der Waals surface area contributed by atoms with Crippen LogP contribution < -0.4 is 11.5 Å². The molecular formula is C25H28BrF3N4OS. The zero-order valence-corrected chi connectivity index (χ0v) is 21.6. The zero-order valence-electron chi connectivity index (χ0n) is 19.2. The fourth-order valence-electron chi connectivity index (χ4n) is 2.53. The number of thiophene rings is 1. The Labute approximate surface area is 215 Å². The van der Waals surface area contributed by atoms with Crippen LogP contribution in [0.4, 0.5) is 13.2 Å². The summed E-state index contributed by atoms with van der Waals surface area (Å²) >= 11 is 4.96. The first kappa shape index (κ1) is 30.2. The molecule has 0 aliphatic rings. The van der Waals surface area contributed by atoms with Gasteiger partial charge in [-0.2, -0.15) is 13.2 Å². The van der Waals surface area contributed by atoms with E-state index in [-0.39, 0.29) is 6.04 Å². The number of nitrogens with two attached hydrogens (primary N) is 2. The van der Waals surface area contributed by atoms with Gasteiger partial charge in [-0.25, -0.2) is 4.98 Å². The smallest absolute Gasteiger partial charge is 0.346 e. The molecule has 10 heteroatoms. The van der Waals surface area contributed by atoms with Crippen molar-refractivity contribution in [2.45, 2.75) is 25.6 Å². The normalized spacial score (nSPS) is 12.1. The molecule has 0 fully saturated rings. The topological polar surface area (TPSA) is 97.8 Å². The molecule has 0 amide bonds. The number of nitrogens with zero attached hydrogens (tertiary/aromatic N) is 1. The maximum atomic E-state index is 11.5. The predicted molar refractivity (Wildman–Crippen MR) is 143 cm³/mol. The number of halogens is 4. The van der Waals surface area contributed by atoms with E-state index in [1.165, 1.54) is 24.3 Å². The highest BCUT2D eigenvalue weighted by molar-refractivity contribution is 9.10. The maximum absolute atomic E-state index is 11.5. The van der Waals surface area contributed by atoms with Crippen LogP contribution in [0, 0.1) is 0 Å². The van der Waals surface area contributed by atoms with Crippen molar-refractivity contribution in [1.29, 1.82) is 0 Å². The lowest BCUT2D eigenvalue weighted by molar-refractivity contribution is -0.0878. The molecular weight excluding hydrogens is 541 g/mol. The predicted octanol–water partition coefficient (Wildman–Crippen LogP) is 6.95. The molecule has 0 spiro atoms. The van der Waals surface area contributed by atoms with Gasteiger partial charge < -0.3 is 16.5 Å². The molecule has 3 aromatic heterocycles. The van der Waals surface area contributed by atoms with Crippen LogP contribution in [0.3, 0.4) is 0 Å². The molecule has 3 aromatic rings. The minimum Gasteiger partial charge on any atom is -0.346 e. The number of carbonyl (C=O) groups excluding carboxylic acids is 1. The highest BCUT2D eigenvalue weighted by Crippen LogP contribution is 2.38. The third kappa shape index (κ3) is 10.2. The molecule has 5 N–H and O–H groups in total. The molecule has 3 heterocycles. The zero-order chi connectivity index (χ0) is 26.4. The molecule has 0 aliphatic heterocycles. The fourth-order valence-corrected chi connectivity index (χ4v) is 4.29. The number of fused-ring (bicyclic) bond motifs is 1. The van der Waals surface area contributed by atoms with Crippen molar-refractivity contribution in [2.24, 2.45) is 11.5 Å². The Balaban J connectivity index is 0.000000292. The van der Waals surface area contributed by atoms with E-state index >= 15 is 0 Å². The second kappa shape index (κ2) is 15.3. The second-order valence-electron chi connectivity index (χ2n) is 6.96. The van der Waals surface area contributed by atoms with E-state index in [4.69, 9.17) is 11.5 Å². The van der Waals surface area contributed by atoms with Crippen molar-refractivity contribution in [2.75, 3.05) is 6.54 Å². The van der Waals surface area contributed by atoms with Crippen LogP contribution in [-0.2, 0) is 0 Å². The van der Waals surface area contributed by atoms with E-state index in [9.17, 15) is 18.0 Å². The Bertz CT molecular complexity index is 1170. The number of H-pyrrole nitrogens is 1. The Morgan fingerprint density at radius 3 is 2.60 bits per heavy atom. The second-order valence-corrected chi connectivity index (χ2v) is 8.90. The van der Waals surface area contributed by atoms with Gasteiger partial charge in [0, 0.05) is 50.9 Å². The van der Waals surface area contributed by atoms with Crippen LogP contribution in [0.25, 0.3) is 21.5 Å². The number of pyridine rings is 1. The molecule has 5 nitrogen and oxygen atoms in total. The van der Waals surface area contributed by atoms with Gasteiger partial charge in [0.05, 0.1) is 4.88 Å². The first-order valence-corrected chi connectivity index (χ1v) is 12.0. The molecule has 0 saturated carbocycles. The standard InChI is InChI=1S/C12H7BrN2OS.C7H14N2.C6H7F3/c13-10-5-7(6-16)17-11(10)8-1-3-14-12-9(8)2-4-15-12;1-2-3-4-5-7(9)6-8;1-3-4-5(2)6(7,8)9/h1-6H,(H,14,15);2-4,7H,1,5-6,8-9H2;3-4H,2H2,1H3/b;4-3+;4-3-. The highest BCUT2D eigenvalue weighted by Gasteiger charge is 2.29. The Kier molecular flexibility index (Phi) is 13.2. The van der Waals surface area contributed by atoms with E-state index in [1.54, 1.807) is 12.3 Å². The van der Waals surface area contributed by atoms with Gasteiger partial charge >= 0.3 is 6.18 Å². The lowest BCUT2D eigenvalue weighted by Crippen LogP contribution is -2.28. The number of aldehydes is 1. The number of aromatic nitrogens is 2. The van der Waals surface area contributed by atoms with E-state index in [0.29, 0.717) is 11.4 Å². The van der Waals surface area contributed by atoms with Gasteiger partial charge in [0.15, 0.2) is 6.29 Å². The molecule has 1 atom stereocenters.